The maximum Gasteiger partial charge on any atom is 0.0997 e. The number of alkyl halides is 1. The van der Waals surface area contributed by atoms with Crippen molar-refractivity contribution in [3.05, 3.63) is 0 Å². The Morgan fingerprint density at radius 1 is 1.50 bits per heavy atom. The quantitative estimate of drug-likeness (QED) is 0.610. The Kier molecular flexibility index (Phi) is 1.95. The fourth-order valence-electron chi connectivity index (χ4n) is 1.93. The van der Waals surface area contributed by atoms with E-state index in [9.17, 15) is 0 Å². The third kappa shape index (κ3) is 1.28. The molecule has 0 radical (unpaired) electrons. The molecule has 2 aliphatic rings. The third-order valence-corrected chi connectivity index (χ3v) is 4.38. The van der Waals surface area contributed by atoms with Gasteiger partial charge in [0.25, 0.3) is 0 Å². The minimum absolute atomic E-state index is 0.0322. The Hall–Kier alpha value is 0.600. The van der Waals surface area contributed by atoms with Gasteiger partial charge in [-0.1, -0.05) is 0 Å². The van der Waals surface area contributed by atoms with Crippen LogP contribution in [0.3, 0.4) is 0 Å². The molecule has 0 aromatic heterocycles. The molecule has 1 aliphatic heterocycles. The van der Waals surface area contributed by atoms with E-state index in [1.165, 1.54) is 5.75 Å². The summed E-state index contributed by atoms with van der Waals surface area (Å²) in [6.45, 7) is 6.30. The fourth-order valence-corrected chi connectivity index (χ4v) is 4.26. The molecule has 0 aromatic rings. The van der Waals surface area contributed by atoms with E-state index in [2.05, 4.69) is 20.8 Å². The van der Waals surface area contributed by atoms with E-state index < -0.39 is 0 Å². The molecule has 3 atom stereocenters. The number of fused-ring (bicyclic) bond motifs is 1. The van der Waals surface area contributed by atoms with Gasteiger partial charge in [-0.05, 0) is 20.8 Å². The standard InChI is InChI=1S/C9H15ClOS/c1-8(2,3)11-9-5-12-4-6(9)7(9)10/h6-7H,4-5H2,1-3H3/t6-,7+,9+/m1/s1. The molecule has 0 aromatic carbocycles. The van der Waals surface area contributed by atoms with Gasteiger partial charge < -0.3 is 4.74 Å². The van der Waals surface area contributed by atoms with Crippen LogP contribution < -0.4 is 0 Å². The van der Waals surface area contributed by atoms with Crippen LogP contribution in [-0.4, -0.2) is 28.1 Å². The number of hydrogen-bond donors (Lipinski definition) is 0. The molecule has 1 saturated carbocycles. The van der Waals surface area contributed by atoms with Crippen LogP contribution in [0.5, 0.6) is 0 Å². The Bertz CT molecular complexity index is 201. The van der Waals surface area contributed by atoms with Crippen molar-refractivity contribution in [2.75, 3.05) is 11.5 Å². The first kappa shape index (κ1) is 9.17. The number of hydrogen-bond acceptors (Lipinski definition) is 2. The zero-order chi connectivity index (χ0) is 8.98. The largest absolute Gasteiger partial charge is 0.367 e. The zero-order valence-electron chi connectivity index (χ0n) is 7.76. The van der Waals surface area contributed by atoms with Crippen molar-refractivity contribution in [3.63, 3.8) is 0 Å². The van der Waals surface area contributed by atoms with Crippen LogP contribution in [-0.2, 0) is 4.74 Å². The summed E-state index contributed by atoms with van der Waals surface area (Å²) >= 11 is 8.14. The van der Waals surface area contributed by atoms with Gasteiger partial charge in [-0.25, -0.2) is 0 Å². The monoisotopic (exact) mass is 206 g/mol. The van der Waals surface area contributed by atoms with Crippen LogP contribution in [0.2, 0.25) is 0 Å². The molecule has 1 aliphatic carbocycles. The van der Waals surface area contributed by atoms with Gasteiger partial charge in [-0.15, -0.1) is 11.6 Å². The topological polar surface area (TPSA) is 9.23 Å². The van der Waals surface area contributed by atoms with Crippen LogP contribution in [0.15, 0.2) is 0 Å². The van der Waals surface area contributed by atoms with Crippen molar-refractivity contribution >= 4 is 23.4 Å². The third-order valence-electron chi connectivity index (χ3n) is 2.46. The first-order chi connectivity index (χ1) is 5.46. The Balaban J connectivity index is 2.04. The molecule has 0 bridgehead atoms. The lowest BCUT2D eigenvalue weighted by atomic mass is 10.1. The molecule has 1 nitrogen and oxygen atoms in total. The van der Waals surface area contributed by atoms with Crippen molar-refractivity contribution < 1.29 is 4.74 Å². The molecule has 70 valence electrons. The minimum Gasteiger partial charge on any atom is -0.367 e. The van der Waals surface area contributed by atoms with E-state index in [-0.39, 0.29) is 16.6 Å². The minimum atomic E-state index is -0.0488. The van der Waals surface area contributed by atoms with Gasteiger partial charge in [0.1, 0.15) is 0 Å². The van der Waals surface area contributed by atoms with E-state index in [4.69, 9.17) is 16.3 Å². The highest BCUT2D eigenvalue weighted by molar-refractivity contribution is 7.99. The smallest absolute Gasteiger partial charge is 0.0997 e. The molecule has 2 rings (SSSR count). The van der Waals surface area contributed by atoms with E-state index >= 15 is 0 Å². The van der Waals surface area contributed by atoms with E-state index in [0.29, 0.717) is 5.92 Å². The zero-order valence-corrected chi connectivity index (χ0v) is 9.34. The average Bonchev–Trinajstić information content (AvgIpc) is 2.36. The Labute approximate surface area is 83.2 Å². The summed E-state index contributed by atoms with van der Waals surface area (Å²) in [4.78, 5) is 0. The van der Waals surface area contributed by atoms with E-state index in [1.807, 2.05) is 11.8 Å². The highest BCUT2D eigenvalue weighted by Gasteiger charge is 2.69. The van der Waals surface area contributed by atoms with Crippen LogP contribution in [0.4, 0.5) is 0 Å². The maximum atomic E-state index is 6.18. The lowest BCUT2D eigenvalue weighted by Crippen LogP contribution is -2.32. The lowest BCUT2D eigenvalue weighted by Gasteiger charge is -2.26. The van der Waals surface area contributed by atoms with Gasteiger partial charge in [0, 0.05) is 17.4 Å². The first-order valence-electron chi connectivity index (χ1n) is 4.38. The molecule has 3 heteroatoms. The number of rotatable bonds is 1. The number of ether oxygens (including phenoxy) is 1. The van der Waals surface area contributed by atoms with Crippen molar-refractivity contribution in [3.8, 4) is 0 Å². The first-order valence-corrected chi connectivity index (χ1v) is 5.97. The predicted octanol–water partition coefficient (Wildman–Crippen LogP) is 2.52. The molecule has 0 spiro atoms. The average molecular weight is 207 g/mol. The molecular weight excluding hydrogens is 192 g/mol. The van der Waals surface area contributed by atoms with Crippen molar-refractivity contribution in [1.82, 2.24) is 0 Å². The summed E-state index contributed by atoms with van der Waals surface area (Å²) in [7, 11) is 0. The summed E-state index contributed by atoms with van der Waals surface area (Å²) in [5.74, 6) is 2.89. The molecule has 0 amide bonds. The van der Waals surface area contributed by atoms with Gasteiger partial charge in [0.2, 0.25) is 0 Å². The molecule has 2 fully saturated rings. The normalized spacial score (nSPS) is 46.0. The van der Waals surface area contributed by atoms with Gasteiger partial charge in [-0.3, -0.25) is 0 Å². The second kappa shape index (κ2) is 2.55. The highest BCUT2D eigenvalue weighted by Crippen LogP contribution is 2.60. The summed E-state index contributed by atoms with van der Waals surface area (Å²) < 4.78 is 6.02. The van der Waals surface area contributed by atoms with Gasteiger partial charge in [-0.2, -0.15) is 11.8 Å². The molecule has 12 heavy (non-hydrogen) atoms. The second-order valence-electron chi connectivity index (χ2n) is 4.69. The Morgan fingerprint density at radius 3 is 2.58 bits per heavy atom. The van der Waals surface area contributed by atoms with Crippen LogP contribution in [0.1, 0.15) is 20.8 Å². The molecule has 0 N–H and O–H groups in total. The molecule has 1 heterocycles. The molecule has 1 saturated heterocycles. The predicted molar refractivity (Wildman–Crippen MR) is 54.0 cm³/mol. The summed E-state index contributed by atoms with van der Waals surface area (Å²) in [6.07, 6.45) is 0. The Morgan fingerprint density at radius 2 is 2.17 bits per heavy atom. The second-order valence-corrected chi connectivity index (χ2v) is 6.19. The van der Waals surface area contributed by atoms with Crippen LogP contribution in [0, 0.1) is 5.92 Å². The number of halogens is 1. The van der Waals surface area contributed by atoms with Gasteiger partial charge >= 0.3 is 0 Å². The van der Waals surface area contributed by atoms with Crippen molar-refractivity contribution in [2.45, 2.75) is 37.4 Å². The number of thioether (sulfide) groups is 1. The SMILES string of the molecule is CC(C)(C)O[C@@]12CSC[C@@H]1[C@@H]2Cl. The van der Waals surface area contributed by atoms with Crippen molar-refractivity contribution in [2.24, 2.45) is 5.92 Å². The highest BCUT2D eigenvalue weighted by atomic mass is 35.5. The maximum absolute atomic E-state index is 6.18. The van der Waals surface area contributed by atoms with Gasteiger partial charge in [0.05, 0.1) is 16.6 Å². The summed E-state index contributed by atoms with van der Waals surface area (Å²) in [5, 5.41) is 0.276. The molecular formula is C9H15ClOS. The summed E-state index contributed by atoms with van der Waals surface area (Å²) in [5.41, 5.74) is -0.0166. The van der Waals surface area contributed by atoms with Crippen molar-refractivity contribution in [1.29, 1.82) is 0 Å². The van der Waals surface area contributed by atoms with E-state index in [1.54, 1.807) is 0 Å². The van der Waals surface area contributed by atoms with Crippen LogP contribution >= 0.6 is 23.4 Å². The van der Waals surface area contributed by atoms with Gasteiger partial charge in [0.15, 0.2) is 0 Å². The van der Waals surface area contributed by atoms with E-state index in [0.717, 1.165) is 5.75 Å². The lowest BCUT2D eigenvalue weighted by molar-refractivity contribution is -0.0683. The fraction of sp³-hybridized carbons (Fsp3) is 1.00. The van der Waals surface area contributed by atoms with Crippen LogP contribution in [0.25, 0.3) is 0 Å². The molecule has 0 unspecified atom stereocenters. The summed E-state index contributed by atoms with van der Waals surface area (Å²) in [6, 6.07) is 0.